The number of alkyl halides is 3. The topological polar surface area (TPSA) is 67.0 Å². The first kappa shape index (κ1) is 16.4. The molecule has 0 atom stereocenters. The normalized spacial score (nSPS) is 16.3. The maximum Gasteiger partial charge on any atom is 0.573 e. The first-order valence-corrected chi connectivity index (χ1v) is 7.52. The molecule has 24 heavy (non-hydrogen) atoms. The molecule has 5 nitrogen and oxygen atoms in total. The number of nitrogens with one attached hydrogen (secondary N) is 2. The lowest BCUT2D eigenvalue weighted by atomic mass is 9.64. The van der Waals surface area contributed by atoms with Gasteiger partial charge in [-0.2, -0.15) is 0 Å². The van der Waals surface area contributed by atoms with Crippen LogP contribution >= 0.6 is 0 Å². The minimum absolute atomic E-state index is 0.207. The van der Waals surface area contributed by atoms with E-state index in [0.29, 0.717) is 6.54 Å². The highest BCUT2D eigenvalue weighted by Crippen LogP contribution is 2.44. The van der Waals surface area contributed by atoms with Crippen molar-refractivity contribution in [1.82, 2.24) is 15.3 Å². The van der Waals surface area contributed by atoms with Crippen molar-refractivity contribution in [2.75, 3.05) is 6.54 Å². The van der Waals surface area contributed by atoms with Crippen molar-refractivity contribution in [2.24, 2.45) is 0 Å². The molecule has 2 N–H and O–H groups in total. The average molecular weight is 339 g/mol. The van der Waals surface area contributed by atoms with Crippen LogP contribution in [-0.4, -0.2) is 28.8 Å². The van der Waals surface area contributed by atoms with Crippen molar-refractivity contribution in [3.05, 3.63) is 48.0 Å². The molecule has 0 saturated heterocycles. The van der Waals surface area contributed by atoms with Crippen molar-refractivity contribution in [1.29, 1.82) is 0 Å². The number of carbonyl (C=O) groups is 1. The van der Waals surface area contributed by atoms with Crippen molar-refractivity contribution in [3.63, 3.8) is 0 Å². The molecule has 128 valence electrons. The molecule has 0 aliphatic heterocycles. The quantitative estimate of drug-likeness (QED) is 0.879. The summed E-state index contributed by atoms with van der Waals surface area (Å²) in [6.45, 7) is 0.335. The summed E-state index contributed by atoms with van der Waals surface area (Å²) in [7, 11) is 0. The van der Waals surface area contributed by atoms with Crippen LogP contribution in [0.2, 0.25) is 0 Å². The van der Waals surface area contributed by atoms with Gasteiger partial charge in [-0.25, -0.2) is 4.98 Å². The maximum absolute atomic E-state index is 12.4. The van der Waals surface area contributed by atoms with Gasteiger partial charge in [-0.1, -0.05) is 18.6 Å². The summed E-state index contributed by atoms with van der Waals surface area (Å²) in [5.74, 6) is -0.378. The Morgan fingerprint density at radius 1 is 1.38 bits per heavy atom. The minimum atomic E-state index is -4.72. The lowest BCUT2D eigenvalue weighted by molar-refractivity contribution is -0.274. The minimum Gasteiger partial charge on any atom is -0.406 e. The van der Waals surface area contributed by atoms with E-state index in [9.17, 15) is 18.0 Å². The van der Waals surface area contributed by atoms with Crippen LogP contribution < -0.4 is 10.1 Å². The smallest absolute Gasteiger partial charge is 0.406 e. The Bertz CT molecular complexity index is 710. The summed E-state index contributed by atoms with van der Waals surface area (Å²) in [5.41, 5.74) is 0.364. The number of nitrogens with zero attached hydrogens (tertiary/aromatic N) is 1. The molecular weight excluding hydrogens is 323 g/mol. The fourth-order valence-corrected chi connectivity index (χ4v) is 2.92. The first-order valence-electron chi connectivity index (χ1n) is 7.52. The first-order chi connectivity index (χ1) is 11.4. The third-order valence-corrected chi connectivity index (χ3v) is 4.29. The van der Waals surface area contributed by atoms with Crippen molar-refractivity contribution in [3.8, 4) is 5.75 Å². The second-order valence-electron chi connectivity index (χ2n) is 5.83. The van der Waals surface area contributed by atoms with Crippen LogP contribution in [0.3, 0.4) is 0 Å². The van der Waals surface area contributed by atoms with E-state index >= 15 is 0 Å². The van der Waals surface area contributed by atoms with Crippen LogP contribution in [0.15, 0.2) is 36.7 Å². The SMILES string of the molecule is O=C(NCC1(c2cccc(OC(F)(F)F)c2)CCC1)c1ncc[nH]1. The molecule has 3 rings (SSSR count). The van der Waals surface area contributed by atoms with E-state index in [1.807, 2.05) is 0 Å². The van der Waals surface area contributed by atoms with Crippen LogP contribution in [0, 0.1) is 0 Å². The second-order valence-corrected chi connectivity index (χ2v) is 5.83. The highest BCUT2D eigenvalue weighted by Gasteiger charge is 2.40. The van der Waals surface area contributed by atoms with Crippen molar-refractivity contribution in [2.45, 2.75) is 31.0 Å². The standard InChI is InChI=1S/C16H16F3N3O2/c17-16(18,19)24-12-4-1-3-11(9-12)15(5-2-6-15)10-22-14(23)13-20-7-8-21-13/h1,3-4,7-9H,2,5-6,10H2,(H,20,21)(H,22,23). The third kappa shape index (κ3) is 3.52. The Balaban J connectivity index is 1.73. The predicted octanol–water partition coefficient (Wildman–Crippen LogP) is 3.16. The predicted molar refractivity (Wildman–Crippen MR) is 79.6 cm³/mol. The van der Waals surface area contributed by atoms with Crippen LogP contribution in [0.5, 0.6) is 5.75 Å². The molecule has 0 bridgehead atoms. The number of halogens is 3. The van der Waals surface area contributed by atoms with Crippen LogP contribution in [-0.2, 0) is 5.41 Å². The molecule has 1 fully saturated rings. The van der Waals surface area contributed by atoms with Gasteiger partial charge in [-0.15, -0.1) is 13.2 Å². The molecule has 0 radical (unpaired) electrons. The molecule has 1 aliphatic carbocycles. The van der Waals surface area contributed by atoms with E-state index in [2.05, 4.69) is 20.0 Å². The summed E-state index contributed by atoms with van der Waals surface area (Å²) < 4.78 is 41.1. The van der Waals surface area contributed by atoms with Gasteiger partial charge in [0.1, 0.15) is 5.75 Å². The highest BCUT2D eigenvalue weighted by atomic mass is 19.4. The van der Waals surface area contributed by atoms with Gasteiger partial charge in [0, 0.05) is 24.4 Å². The maximum atomic E-state index is 12.4. The number of hydrogen-bond donors (Lipinski definition) is 2. The molecule has 1 amide bonds. The van der Waals surface area contributed by atoms with E-state index in [0.717, 1.165) is 24.8 Å². The number of amides is 1. The van der Waals surface area contributed by atoms with E-state index in [4.69, 9.17) is 0 Å². The molecule has 1 saturated carbocycles. The summed E-state index contributed by atoms with van der Waals surface area (Å²) in [6, 6.07) is 5.96. The van der Waals surface area contributed by atoms with Gasteiger partial charge in [-0.05, 0) is 30.5 Å². The van der Waals surface area contributed by atoms with Gasteiger partial charge >= 0.3 is 6.36 Å². The molecule has 0 unspecified atom stereocenters. The molecular formula is C16H16F3N3O2. The zero-order chi connectivity index (χ0) is 17.2. The van der Waals surface area contributed by atoms with Gasteiger partial charge in [-0.3, -0.25) is 4.79 Å². The molecule has 0 spiro atoms. The van der Waals surface area contributed by atoms with E-state index in [1.54, 1.807) is 12.3 Å². The molecule has 1 heterocycles. The van der Waals surface area contributed by atoms with E-state index in [-0.39, 0.29) is 22.9 Å². The number of carbonyl (C=O) groups excluding carboxylic acids is 1. The lowest BCUT2D eigenvalue weighted by Crippen LogP contribution is -2.45. The molecule has 8 heteroatoms. The monoisotopic (exact) mass is 339 g/mol. The summed E-state index contributed by atoms with van der Waals surface area (Å²) in [4.78, 5) is 18.6. The number of aromatic nitrogens is 2. The largest absolute Gasteiger partial charge is 0.573 e. The number of hydrogen-bond acceptors (Lipinski definition) is 3. The summed E-state index contributed by atoms with van der Waals surface area (Å²) in [6.07, 6.45) is 0.847. The van der Waals surface area contributed by atoms with Crippen molar-refractivity contribution < 1.29 is 22.7 Å². The highest BCUT2D eigenvalue weighted by molar-refractivity contribution is 5.90. The Kier molecular flexibility index (Phi) is 4.21. The number of imidazole rings is 1. The number of rotatable bonds is 5. The molecule has 1 aromatic carbocycles. The Labute approximate surface area is 136 Å². The zero-order valence-electron chi connectivity index (χ0n) is 12.7. The van der Waals surface area contributed by atoms with Gasteiger partial charge in [0.15, 0.2) is 5.82 Å². The molecule has 1 aliphatic rings. The zero-order valence-corrected chi connectivity index (χ0v) is 12.7. The fourth-order valence-electron chi connectivity index (χ4n) is 2.92. The molecule has 2 aromatic rings. The van der Waals surface area contributed by atoms with E-state index < -0.39 is 6.36 Å². The average Bonchev–Trinajstić information content (AvgIpc) is 2.98. The Hall–Kier alpha value is -2.51. The number of ether oxygens (including phenoxy) is 1. The van der Waals surface area contributed by atoms with Gasteiger partial charge in [0.2, 0.25) is 0 Å². The summed E-state index contributed by atoms with van der Waals surface area (Å²) in [5, 5.41) is 2.80. The Morgan fingerprint density at radius 2 is 2.17 bits per heavy atom. The molecule has 1 aromatic heterocycles. The van der Waals surface area contributed by atoms with Crippen LogP contribution in [0.1, 0.15) is 35.4 Å². The summed E-state index contributed by atoms with van der Waals surface area (Å²) >= 11 is 0. The fraction of sp³-hybridized carbons (Fsp3) is 0.375. The van der Waals surface area contributed by atoms with Gasteiger partial charge < -0.3 is 15.0 Å². The number of aromatic amines is 1. The second kappa shape index (κ2) is 6.18. The van der Waals surface area contributed by atoms with Gasteiger partial charge in [0.25, 0.3) is 5.91 Å². The van der Waals surface area contributed by atoms with Gasteiger partial charge in [0.05, 0.1) is 0 Å². The number of H-pyrrole nitrogens is 1. The lowest BCUT2D eigenvalue weighted by Gasteiger charge is -2.42. The van der Waals surface area contributed by atoms with Crippen LogP contribution in [0.25, 0.3) is 0 Å². The number of benzene rings is 1. The Morgan fingerprint density at radius 3 is 2.75 bits per heavy atom. The van der Waals surface area contributed by atoms with Crippen molar-refractivity contribution >= 4 is 5.91 Å². The van der Waals surface area contributed by atoms with E-state index in [1.165, 1.54) is 24.4 Å². The van der Waals surface area contributed by atoms with Crippen LogP contribution in [0.4, 0.5) is 13.2 Å². The third-order valence-electron chi connectivity index (χ3n) is 4.29.